The Bertz CT molecular complexity index is 1360. The van der Waals surface area contributed by atoms with E-state index in [2.05, 4.69) is 63.2 Å². The van der Waals surface area contributed by atoms with Crippen LogP contribution in [0.1, 0.15) is 69.1 Å². The van der Waals surface area contributed by atoms with Gasteiger partial charge in [-0.25, -0.2) is 0 Å². The van der Waals surface area contributed by atoms with E-state index >= 15 is 0 Å². The van der Waals surface area contributed by atoms with Crippen molar-refractivity contribution in [2.45, 2.75) is 71.5 Å². The van der Waals surface area contributed by atoms with Gasteiger partial charge in [0.1, 0.15) is 6.10 Å². The summed E-state index contributed by atoms with van der Waals surface area (Å²) in [6.45, 7) is 8.98. The maximum Gasteiger partial charge on any atom is 0.308 e. The molecule has 2 aliphatic rings. The van der Waals surface area contributed by atoms with Crippen LogP contribution in [0.25, 0.3) is 16.8 Å². The minimum absolute atomic E-state index is 0.00884. The van der Waals surface area contributed by atoms with Crippen LogP contribution < -0.4 is 0 Å². The third kappa shape index (κ3) is 4.71. The van der Waals surface area contributed by atoms with E-state index in [1.165, 1.54) is 22.4 Å². The van der Waals surface area contributed by atoms with Crippen molar-refractivity contribution in [2.75, 3.05) is 0 Å². The molecule has 0 saturated heterocycles. The van der Waals surface area contributed by atoms with Crippen LogP contribution >= 0.6 is 0 Å². The largest absolute Gasteiger partial charge is 0.461 e. The number of carbonyl (C=O) groups is 2. The van der Waals surface area contributed by atoms with E-state index in [4.69, 9.17) is 4.74 Å². The second kappa shape index (κ2) is 10.1. The van der Waals surface area contributed by atoms with Crippen molar-refractivity contribution in [3.05, 3.63) is 89.5 Å². The van der Waals surface area contributed by atoms with Gasteiger partial charge in [-0.3, -0.25) is 9.59 Å². The SMILES string of the molecule is Cc1ccc(C=CC(=O)C[C@H](O)CC(=O)OC2C3CC[C@@](C)(C2c2cccc4ccccc24)C3(C)C)cc1. The number of allylic oxidation sites excluding steroid dienone is 1. The highest BCUT2D eigenvalue weighted by Crippen LogP contribution is 2.72. The molecule has 2 bridgehead atoms. The van der Waals surface area contributed by atoms with Crippen LogP contribution in [0.5, 0.6) is 0 Å². The Morgan fingerprint density at radius 2 is 1.71 bits per heavy atom. The Kier molecular flexibility index (Phi) is 7.04. The van der Waals surface area contributed by atoms with Gasteiger partial charge in [0.25, 0.3) is 0 Å². The molecule has 3 aromatic carbocycles. The van der Waals surface area contributed by atoms with Gasteiger partial charge in [0.2, 0.25) is 0 Å². The zero-order valence-electron chi connectivity index (χ0n) is 22.8. The molecule has 4 heteroatoms. The average molecular weight is 511 g/mol. The van der Waals surface area contributed by atoms with Gasteiger partial charge < -0.3 is 9.84 Å². The summed E-state index contributed by atoms with van der Waals surface area (Å²) >= 11 is 0. The summed E-state index contributed by atoms with van der Waals surface area (Å²) in [5.74, 6) is -0.331. The Hall–Kier alpha value is -3.24. The highest BCUT2D eigenvalue weighted by molar-refractivity contribution is 5.94. The van der Waals surface area contributed by atoms with Crippen LogP contribution in [0.15, 0.2) is 72.8 Å². The lowest BCUT2D eigenvalue weighted by Gasteiger charge is -2.40. The summed E-state index contributed by atoms with van der Waals surface area (Å²) in [5.41, 5.74) is 3.30. The number of ketones is 1. The highest BCUT2D eigenvalue weighted by Gasteiger charge is 2.67. The third-order valence-corrected chi connectivity index (χ3v) is 9.59. The van der Waals surface area contributed by atoms with E-state index in [9.17, 15) is 14.7 Å². The molecule has 0 aliphatic heterocycles. The van der Waals surface area contributed by atoms with Gasteiger partial charge in [-0.2, -0.15) is 0 Å². The van der Waals surface area contributed by atoms with Crippen LogP contribution in [0.2, 0.25) is 0 Å². The molecule has 2 saturated carbocycles. The first-order valence-electron chi connectivity index (χ1n) is 13.7. The molecular formula is C34H38O4. The summed E-state index contributed by atoms with van der Waals surface area (Å²) in [7, 11) is 0. The molecule has 2 fully saturated rings. The van der Waals surface area contributed by atoms with Gasteiger partial charge in [0.05, 0.1) is 12.5 Å². The molecular weight excluding hydrogens is 472 g/mol. The Balaban J connectivity index is 1.30. The molecule has 0 aromatic heterocycles. The van der Waals surface area contributed by atoms with E-state index in [-0.39, 0.29) is 47.4 Å². The molecule has 1 N–H and O–H groups in total. The molecule has 0 heterocycles. The second-order valence-electron chi connectivity index (χ2n) is 12.1. The Morgan fingerprint density at radius 1 is 1.00 bits per heavy atom. The van der Waals surface area contributed by atoms with Gasteiger partial charge in [-0.1, -0.05) is 99.1 Å². The summed E-state index contributed by atoms with van der Waals surface area (Å²) in [6.07, 6.45) is 3.69. The molecule has 0 amide bonds. The lowest BCUT2D eigenvalue weighted by Crippen LogP contribution is -2.35. The number of hydrogen-bond acceptors (Lipinski definition) is 4. The first kappa shape index (κ1) is 26.4. The van der Waals surface area contributed by atoms with E-state index in [0.717, 1.165) is 24.0 Å². The summed E-state index contributed by atoms with van der Waals surface area (Å²) < 4.78 is 6.23. The lowest BCUT2D eigenvalue weighted by atomic mass is 9.64. The smallest absolute Gasteiger partial charge is 0.308 e. The van der Waals surface area contributed by atoms with E-state index < -0.39 is 12.1 Å². The summed E-state index contributed by atoms with van der Waals surface area (Å²) in [5, 5.41) is 12.9. The quantitative estimate of drug-likeness (QED) is 0.261. The van der Waals surface area contributed by atoms with Gasteiger partial charge >= 0.3 is 5.97 Å². The first-order chi connectivity index (χ1) is 18.1. The molecule has 3 aromatic rings. The molecule has 2 aliphatic carbocycles. The summed E-state index contributed by atoms with van der Waals surface area (Å²) in [6, 6.07) is 22.7. The molecule has 0 spiro atoms. The van der Waals surface area contributed by atoms with Crippen molar-refractivity contribution in [3.8, 4) is 0 Å². The minimum Gasteiger partial charge on any atom is -0.461 e. The predicted octanol–water partition coefficient (Wildman–Crippen LogP) is 7.02. The molecule has 5 rings (SSSR count). The van der Waals surface area contributed by atoms with Crippen molar-refractivity contribution in [3.63, 3.8) is 0 Å². The van der Waals surface area contributed by atoms with Crippen LogP contribution in [-0.2, 0) is 14.3 Å². The Morgan fingerprint density at radius 3 is 2.47 bits per heavy atom. The fourth-order valence-electron chi connectivity index (χ4n) is 7.11. The highest BCUT2D eigenvalue weighted by atomic mass is 16.5. The topological polar surface area (TPSA) is 63.6 Å². The average Bonchev–Trinajstić information content (AvgIpc) is 3.20. The number of aryl methyl sites for hydroxylation is 1. The maximum atomic E-state index is 13.1. The van der Waals surface area contributed by atoms with E-state index in [0.29, 0.717) is 0 Å². The number of fused-ring (bicyclic) bond motifs is 3. The zero-order valence-corrected chi connectivity index (χ0v) is 22.8. The number of esters is 1. The number of aliphatic hydroxyl groups is 1. The number of benzene rings is 3. The van der Waals surface area contributed by atoms with Crippen LogP contribution in [0, 0.1) is 23.7 Å². The predicted molar refractivity (Wildman–Crippen MR) is 152 cm³/mol. The number of ether oxygens (including phenoxy) is 1. The molecule has 38 heavy (non-hydrogen) atoms. The molecule has 0 radical (unpaired) electrons. The number of aliphatic hydroxyl groups excluding tert-OH is 1. The van der Waals surface area contributed by atoms with Gasteiger partial charge in [-0.15, -0.1) is 0 Å². The van der Waals surface area contributed by atoms with Crippen molar-refractivity contribution >= 4 is 28.6 Å². The van der Waals surface area contributed by atoms with Crippen molar-refractivity contribution in [2.24, 2.45) is 16.7 Å². The molecule has 5 atom stereocenters. The maximum absolute atomic E-state index is 13.1. The molecule has 4 nitrogen and oxygen atoms in total. The van der Waals surface area contributed by atoms with Gasteiger partial charge in [0, 0.05) is 18.3 Å². The normalized spacial score (nSPS) is 26.6. The lowest BCUT2D eigenvalue weighted by molar-refractivity contribution is -0.155. The van der Waals surface area contributed by atoms with Crippen molar-refractivity contribution in [1.29, 1.82) is 0 Å². The van der Waals surface area contributed by atoms with Crippen LogP contribution in [-0.4, -0.2) is 29.1 Å². The molecule has 198 valence electrons. The van der Waals surface area contributed by atoms with E-state index in [1.54, 1.807) is 6.08 Å². The minimum atomic E-state index is -1.07. The monoisotopic (exact) mass is 510 g/mol. The Labute approximate surface area is 225 Å². The number of carbonyl (C=O) groups excluding carboxylic acids is 2. The van der Waals surface area contributed by atoms with Crippen LogP contribution in [0.4, 0.5) is 0 Å². The fraction of sp³-hybridized carbons (Fsp3) is 0.412. The first-order valence-corrected chi connectivity index (χ1v) is 13.7. The fourth-order valence-corrected chi connectivity index (χ4v) is 7.11. The van der Waals surface area contributed by atoms with Crippen molar-refractivity contribution in [1.82, 2.24) is 0 Å². The standard InChI is InChI=1S/C34H38O4/c1-22-12-14-23(15-13-22)16-17-25(35)20-26(36)21-30(37)38-32-29-18-19-34(4,33(29,2)3)31(32)28-11-7-9-24-8-5-6-10-27(24)28/h5-17,26,29,31-32,36H,18-21H2,1-4H3/t26-,29?,31?,32?,34-/m0/s1. The van der Waals surface area contributed by atoms with Crippen LogP contribution in [0.3, 0.4) is 0 Å². The molecule has 3 unspecified atom stereocenters. The number of rotatable bonds is 8. The van der Waals surface area contributed by atoms with E-state index in [1.807, 2.05) is 31.2 Å². The third-order valence-electron chi connectivity index (χ3n) is 9.59. The van der Waals surface area contributed by atoms with Gasteiger partial charge in [-0.05, 0) is 58.6 Å². The second-order valence-corrected chi connectivity index (χ2v) is 12.1. The number of hydrogen-bond donors (Lipinski definition) is 1. The van der Waals surface area contributed by atoms with Crippen molar-refractivity contribution < 1.29 is 19.4 Å². The zero-order chi connectivity index (χ0) is 27.1. The summed E-state index contributed by atoms with van der Waals surface area (Å²) in [4.78, 5) is 25.5. The van der Waals surface area contributed by atoms with Gasteiger partial charge in [0.15, 0.2) is 5.78 Å².